The Morgan fingerprint density at radius 2 is 2.33 bits per heavy atom. The van der Waals surface area contributed by atoms with Gasteiger partial charge in [-0.15, -0.1) is 6.58 Å². The van der Waals surface area contributed by atoms with E-state index < -0.39 is 0 Å². The van der Waals surface area contributed by atoms with E-state index in [0.717, 1.165) is 24.7 Å². The fourth-order valence-corrected chi connectivity index (χ4v) is 0.510. The largest absolute Gasteiger partial charge is 0.298 e. The highest BCUT2D eigenvalue weighted by Crippen LogP contribution is 1.97. The Kier molecular flexibility index (Phi) is 4.79. The molecule has 0 aromatic heterocycles. The molecule has 0 saturated carbocycles. The second-order valence-electron chi connectivity index (χ2n) is 1.77. The van der Waals surface area contributed by atoms with Gasteiger partial charge in [0.1, 0.15) is 6.29 Å². The summed E-state index contributed by atoms with van der Waals surface area (Å²) in [4.78, 5) is 10.1. The Morgan fingerprint density at radius 3 is 2.67 bits per heavy atom. The van der Waals surface area contributed by atoms with E-state index in [0.29, 0.717) is 0 Å². The Bertz CT molecular complexity index is 123. The smallest absolute Gasteiger partial charge is 0.145 e. The quantitative estimate of drug-likeness (QED) is 0.318. The number of hydrogen-bond donors (Lipinski definition) is 0. The molecule has 0 bridgehead atoms. The highest BCUT2D eigenvalue weighted by molar-refractivity contribution is 5.72. The van der Waals surface area contributed by atoms with Crippen LogP contribution in [0.2, 0.25) is 0 Å². The lowest BCUT2D eigenvalue weighted by atomic mass is 10.2. The molecule has 0 spiro atoms. The van der Waals surface area contributed by atoms with Crippen LogP contribution in [0.25, 0.3) is 0 Å². The molecule has 0 saturated heterocycles. The zero-order valence-corrected chi connectivity index (χ0v) is 5.76. The third kappa shape index (κ3) is 3.71. The minimum Gasteiger partial charge on any atom is -0.298 e. The Morgan fingerprint density at radius 1 is 1.67 bits per heavy atom. The normalized spacial score (nSPS) is 11.0. The average molecular weight is 124 g/mol. The molecule has 50 valence electrons. The van der Waals surface area contributed by atoms with Crippen LogP contribution in [0.3, 0.4) is 0 Å². The summed E-state index contributed by atoms with van der Waals surface area (Å²) in [6, 6.07) is 0. The van der Waals surface area contributed by atoms with Gasteiger partial charge in [0.2, 0.25) is 0 Å². The van der Waals surface area contributed by atoms with Crippen molar-refractivity contribution >= 4 is 6.29 Å². The lowest BCUT2D eigenvalue weighted by Gasteiger charge is -1.88. The molecule has 0 fully saturated rings. The molecule has 0 aromatic carbocycles. The molecule has 1 heteroatoms. The predicted octanol–water partition coefficient (Wildman–Crippen LogP) is 2.10. The lowest BCUT2D eigenvalue weighted by Crippen LogP contribution is -1.79. The van der Waals surface area contributed by atoms with E-state index in [1.807, 2.05) is 13.0 Å². The molecule has 1 nitrogen and oxygen atoms in total. The third-order valence-electron chi connectivity index (χ3n) is 1.11. The molecular formula is C8H12O. The van der Waals surface area contributed by atoms with Crippen LogP contribution in [0.1, 0.15) is 19.8 Å². The van der Waals surface area contributed by atoms with Crippen molar-refractivity contribution in [2.75, 3.05) is 0 Å². The van der Waals surface area contributed by atoms with Crippen LogP contribution in [0.4, 0.5) is 0 Å². The van der Waals surface area contributed by atoms with Gasteiger partial charge in [-0.1, -0.05) is 19.1 Å². The molecule has 0 aromatic rings. The van der Waals surface area contributed by atoms with Crippen molar-refractivity contribution < 1.29 is 4.79 Å². The van der Waals surface area contributed by atoms with E-state index in [9.17, 15) is 4.79 Å². The number of hydrogen-bond acceptors (Lipinski definition) is 1. The summed E-state index contributed by atoms with van der Waals surface area (Å²) in [6.07, 6.45) is 6.17. The molecule has 0 amide bonds. The summed E-state index contributed by atoms with van der Waals surface area (Å²) in [5.74, 6) is 0. The van der Waals surface area contributed by atoms with E-state index in [-0.39, 0.29) is 0 Å². The monoisotopic (exact) mass is 124 g/mol. The van der Waals surface area contributed by atoms with Crippen molar-refractivity contribution in [2.24, 2.45) is 0 Å². The third-order valence-corrected chi connectivity index (χ3v) is 1.11. The standard InChI is InChI=1S/C8H12O/c1-3-5-6-8(4-2)7-9/h3,6-7H,1,4-5H2,2H3/b8-6-. The maximum atomic E-state index is 10.1. The molecule has 0 radical (unpaired) electrons. The Balaban J connectivity index is 3.74. The van der Waals surface area contributed by atoms with Crippen molar-refractivity contribution in [3.63, 3.8) is 0 Å². The molecule has 0 rings (SSSR count). The predicted molar refractivity (Wildman–Crippen MR) is 39.3 cm³/mol. The number of allylic oxidation sites excluding steroid dienone is 3. The van der Waals surface area contributed by atoms with E-state index >= 15 is 0 Å². The summed E-state index contributed by atoms with van der Waals surface area (Å²) in [7, 11) is 0. The molecule has 0 aliphatic carbocycles. The molecule has 0 unspecified atom stereocenters. The second kappa shape index (κ2) is 5.29. The summed E-state index contributed by atoms with van der Waals surface area (Å²) >= 11 is 0. The molecule has 0 N–H and O–H groups in total. The van der Waals surface area contributed by atoms with Gasteiger partial charge in [-0.25, -0.2) is 0 Å². The first-order valence-electron chi connectivity index (χ1n) is 3.10. The maximum Gasteiger partial charge on any atom is 0.145 e. The first-order chi connectivity index (χ1) is 4.35. The Hall–Kier alpha value is -0.850. The SMILES string of the molecule is C=CC/C=C(\C=O)CC. The van der Waals surface area contributed by atoms with Gasteiger partial charge in [0.05, 0.1) is 0 Å². The zero-order valence-electron chi connectivity index (χ0n) is 5.76. The fraction of sp³-hybridized carbons (Fsp3) is 0.375. The average Bonchev–Trinajstić information content (AvgIpc) is 1.91. The molecule has 0 atom stereocenters. The Labute approximate surface area is 56.1 Å². The first-order valence-corrected chi connectivity index (χ1v) is 3.10. The molecule has 0 aliphatic rings. The summed E-state index contributed by atoms with van der Waals surface area (Å²) in [5.41, 5.74) is 0.856. The number of aldehydes is 1. The topological polar surface area (TPSA) is 17.1 Å². The highest BCUT2D eigenvalue weighted by Gasteiger charge is 1.85. The van der Waals surface area contributed by atoms with E-state index in [1.165, 1.54) is 0 Å². The minimum atomic E-state index is 0.794. The molecule has 0 aliphatic heterocycles. The van der Waals surface area contributed by atoms with Crippen molar-refractivity contribution in [3.05, 3.63) is 24.3 Å². The number of carbonyl (C=O) groups excluding carboxylic acids is 1. The maximum absolute atomic E-state index is 10.1. The van der Waals surface area contributed by atoms with Crippen LogP contribution in [-0.2, 0) is 4.79 Å². The van der Waals surface area contributed by atoms with E-state index in [2.05, 4.69) is 6.58 Å². The van der Waals surface area contributed by atoms with Crippen LogP contribution in [0.5, 0.6) is 0 Å². The van der Waals surface area contributed by atoms with Crippen LogP contribution in [0, 0.1) is 0 Å². The fourth-order valence-electron chi connectivity index (χ4n) is 0.510. The van der Waals surface area contributed by atoms with E-state index in [4.69, 9.17) is 0 Å². The number of carbonyl (C=O) groups is 1. The van der Waals surface area contributed by atoms with Crippen molar-refractivity contribution in [1.29, 1.82) is 0 Å². The van der Waals surface area contributed by atoms with Crippen LogP contribution < -0.4 is 0 Å². The van der Waals surface area contributed by atoms with Gasteiger partial charge in [-0.05, 0) is 18.4 Å². The minimum absolute atomic E-state index is 0.794. The highest BCUT2D eigenvalue weighted by atomic mass is 16.1. The van der Waals surface area contributed by atoms with Crippen LogP contribution >= 0.6 is 0 Å². The summed E-state index contributed by atoms with van der Waals surface area (Å²) in [5, 5.41) is 0. The molecule has 0 heterocycles. The van der Waals surface area contributed by atoms with E-state index in [1.54, 1.807) is 6.08 Å². The lowest BCUT2D eigenvalue weighted by molar-refractivity contribution is -0.105. The number of rotatable bonds is 4. The van der Waals surface area contributed by atoms with Crippen molar-refractivity contribution in [1.82, 2.24) is 0 Å². The van der Waals surface area contributed by atoms with Gasteiger partial charge < -0.3 is 0 Å². The summed E-state index contributed by atoms with van der Waals surface area (Å²) < 4.78 is 0. The van der Waals surface area contributed by atoms with Gasteiger partial charge in [0.15, 0.2) is 0 Å². The van der Waals surface area contributed by atoms with Gasteiger partial charge >= 0.3 is 0 Å². The zero-order chi connectivity index (χ0) is 7.11. The van der Waals surface area contributed by atoms with Gasteiger partial charge in [-0.2, -0.15) is 0 Å². The molecule has 9 heavy (non-hydrogen) atoms. The summed E-state index contributed by atoms with van der Waals surface area (Å²) in [6.45, 7) is 5.50. The van der Waals surface area contributed by atoms with Crippen molar-refractivity contribution in [2.45, 2.75) is 19.8 Å². The van der Waals surface area contributed by atoms with Gasteiger partial charge in [0.25, 0.3) is 0 Å². The second-order valence-corrected chi connectivity index (χ2v) is 1.77. The van der Waals surface area contributed by atoms with Gasteiger partial charge in [-0.3, -0.25) is 4.79 Å². The van der Waals surface area contributed by atoms with Crippen molar-refractivity contribution in [3.8, 4) is 0 Å². The van der Waals surface area contributed by atoms with Gasteiger partial charge in [0, 0.05) is 0 Å². The van der Waals surface area contributed by atoms with Crippen LogP contribution in [-0.4, -0.2) is 6.29 Å². The first kappa shape index (κ1) is 8.15. The van der Waals surface area contributed by atoms with Crippen LogP contribution in [0.15, 0.2) is 24.3 Å². The molecular weight excluding hydrogens is 112 g/mol.